The van der Waals surface area contributed by atoms with Gasteiger partial charge in [0.1, 0.15) is 0 Å². The van der Waals surface area contributed by atoms with Crippen LogP contribution in [0.1, 0.15) is 30.9 Å². The molecule has 0 radical (unpaired) electrons. The zero-order valence-corrected chi connectivity index (χ0v) is 16.7. The summed E-state index contributed by atoms with van der Waals surface area (Å²) in [6, 6.07) is 11.1. The van der Waals surface area contributed by atoms with E-state index >= 15 is 0 Å². The lowest BCUT2D eigenvalue weighted by Gasteiger charge is -2.10. The van der Waals surface area contributed by atoms with Gasteiger partial charge in [-0.1, -0.05) is 29.3 Å². The molecule has 1 N–H and O–H groups in total. The molecule has 6 nitrogen and oxygen atoms in total. The van der Waals surface area contributed by atoms with Gasteiger partial charge >= 0.3 is 0 Å². The molecule has 0 unspecified atom stereocenters. The second-order valence-electron chi connectivity index (χ2n) is 5.95. The number of fused-ring (bicyclic) bond motifs is 1. The maximum atomic E-state index is 12.1. The van der Waals surface area contributed by atoms with Crippen LogP contribution in [0.4, 0.5) is 5.69 Å². The van der Waals surface area contributed by atoms with Gasteiger partial charge in [0.05, 0.1) is 25.6 Å². The van der Waals surface area contributed by atoms with E-state index in [1.54, 1.807) is 13.3 Å². The third kappa shape index (κ3) is 4.54. The van der Waals surface area contributed by atoms with Gasteiger partial charge < -0.3 is 14.8 Å². The number of ether oxygens (including phenoxy) is 2. The second-order valence-corrected chi connectivity index (χ2v) is 6.87. The number of halogens is 1. The molecule has 0 atom stereocenters. The predicted molar refractivity (Wildman–Crippen MR) is 110 cm³/mol. The van der Waals surface area contributed by atoms with E-state index in [1.165, 1.54) is 0 Å². The summed E-state index contributed by atoms with van der Waals surface area (Å²) < 4.78 is 12.0. The zero-order chi connectivity index (χ0) is 19.2. The molecule has 140 valence electrons. The van der Waals surface area contributed by atoms with Crippen molar-refractivity contribution >= 4 is 39.5 Å². The van der Waals surface area contributed by atoms with Crippen LogP contribution in [0, 0.1) is 0 Å². The average molecular weight is 430 g/mol. The maximum absolute atomic E-state index is 12.1. The van der Waals surface area contributed by atoms with Crippen LogP contribution in [0.15, 0.2) is 51.1 Å². The van der Waals surface area contributed by atoms with Crippen molar-refractivity contribution in [3.63, 3.8) is 0 Å². The third-order valence-electron chi connectivity index (χ3n) is 4.01. The van der Waals surface area contributed by atoms with E-state index in [1.807, 2.05) is 36.4 Å². The standard InChI is InChI=1S/C20H20BrN3O3/c1-3-4-9-27-17-8-5-13(10-18(17)26-2)12-22-24-19-15-11-14(21)6-7-16(15)23-20(19)25/h5-8,10-12H,3-4,9H2,1-2H3,(H,23,24,25)/b22-12+. The fraction of sp³-hybridized carbons (Fsp3) is 0.250. The van der Waals surface area contributed by atoms with Gasteiger partial charge in [-0.3, -0.25) is 4.79 Å². The van der Waals surface area contributed by atoms with Gasteiger partial charge in [-0.25, -0.2) is 0 Å². The first-order valence-electron chi connectivity index (χ1n) is 8.65. The minimum Gasteiger partial charge on any atom is -0.493 e. The summed E-state index contributed by atoms with van der Waals surface area (Å²) in [6.07, 6.45) is 3.64. The number of methoxy groups -OCH3 is 1. The number of hydrogen-bond acceptors (Lipinski definition) is 5. The van der Waals surface area contributed by atoms with Gasteiger partial charge in [0, 0.05) is 10.0 Å². The van der Waals surface area contributed by atoms with Gasteiger partial charge in [0.15, 0.2) is 17.2 Å². The Morgan fingerprint density at radius 3 is 2.81 bits per heavy atom. The fourth-order valence-electron chi connectivity index (χ4n) is 2.59. The van der Waals surface area contributed by atoms with Crippen LogP contribution in [0.2, 0.25) is 0 Å². The van der Waals surface area contributed by atoms with E-state index in [0.29, 0.717) is 18.1 Å². The van der Waals surface area contributed by atoms with E-state index < -0.39 is 0 Å². The van der Waals surface area contributed by atoms with Gasteiger partial charge in [-0.05, 0) is 48.4 Å². The van der Waals surface area contributed by atoms with Crippen molar-refractivity contribution in [2.75, 3.05) is 19.0 Å². The molecule has 0 spiro atoms. The molecule has 0 saturated heterocycles. The summed E-state index contributed by atoms with van der Waals surface area (Å²) in [6.45, 7) is 2.77. The summed E-state index contributed by atoms with van der Waals surface area (Å²) in [4.78, 5) is 12.1. The SMILES string of the molecule is CCCCOc1ccc(/C=N/N=C2\C(=O)Nc3ccc(Br)cc32)cc1OC. The molecule has 3 rings (SSSR count). The van der Waals surface area contributed by atoms with Crippen LogP contribution in [-0.4, -0.2) is 31.6 Å². The smallest absolute Gasteiger partial charge is 0.276 e. The van der Waals surface area contributed by atoms with E-state index in [2.05, 4.69) is 38.4 Å². The molecule has 0 aliphatic carbocycles. The molecule has 7 heteroatoms. The number of nitrogens with zero attached hydrogens (tertiary/aromatic N) is 2. The summed E-state index contributed by atoms with van der Waals surface area (Å²) >= 11 is 3.40. The third-order valence-corrected chi connectivity index (χ3v) is 4.50. The number of carbonyl (C=O) groups excluding carboxylic acids is 1. The van der Waals surface area contributed by atoms with Gasteiger partial charge in [0.25, 0.3) is 5.91 Å². The molecule has 0 bridgehead atoms. The lowest BCUT2D eigenvalue weighted by Crippen LogP contribution is -2.13. The number of unbranched alkanes of at least 4 members (excludes halogenated alkanes) is 1. The molecule has 27 heavy (non-hydrogen) atoms. The van der Waals surface area contributed by atoms with Crippen molar-refractivity contribution in [3.05, 3.63) is 52.0 Å². The number of nitrogens with one attached hydrogen (secondary N) is 1. The summed E-state index contributed by atoms with van der Waals surface area (Å²) in [7, 11) is 1.60. The van der Waals surface area contributed by atoms with Crippen molar-refractivity contribution in [3.8, 4) is 11.5 Å². The fourth-order valence-corrected chi connectivity index (χ4v) is 2.95. The Labute approximate surface area is 166 Å². The average Bonchev–Trinajstić information content (AvgIpc) is 2.97. The summed E-state index contributed by atoms with van der Waals surface area (Å²) in [5, 5.41) is 10.9. The van der Waals surface area contributed by atoms with Crippen LogP contribution < -0.4 is 14.8 Å². The molecule has 1 heterocycles. The Balaban J connectivity index is 1.78. The predicted octanol–water partition coefficient (Wildman–Crippen LogP) is 4.41. The Bertz CT molecular complexity index is 909. The Morgan fingerprint density at radius 2 is 2.04 bits per heavy atom. The normalized spacial score (nSPS) is 14.5. The van der Waals surface area contributed by atoms with E-state index in [4.69, 9.17) is 9.47 Å². The largest absolute Gasteiger partial charge is 0.493 e. The Morgan fingerprint density at radius 1 is 1.19 bits per heavy atom. The molecule has 0 fully saturated rings. The number of amides is 1. The molecule has 2 aromatic carbocycles. The first-order chi connectivity index (χ1) is 13.1. The van der Waals surface area contributed by atoms with Crippen molar-refractivity contribution in [1.29, 1.82) is 0 Å². The topological polar surface area (TPSA) is 72.3 Å². The lowest BCUT2D eigenvalue weighted by atomic mass is 10.1. The number of carbonyl (C=O) groups is 1. The quantitative estimate of drug-likeness (QED) is 0.402. The molecule has 0 saturated carbocycles. The summed E-state index contributed by atoms with van der Waals surface area (Å²) in [5.74, 6) is 1.07. The Hall–Kier alpha value is -2.67. The lowest BCUT2D eigenvalue weighted by molar-refractivity contribution is -0.110. The van der Waals surface area contributed by atoms with Crippen molar-refractivity contribution in [2.24, 2.45) is 10.2 Å². The first kappa shape index (κ1) is 19.1. The van der Waals surface area contributed by atoms with Crippen molar-refractivity contribution in [1.82, 2.24) is 0 Å². The van der Waals surface area contributed by atoms with E-state index in [0.717, 1.165) is 34.1 Å². The number of hydrogen-bond donors (Lipinski definition) is 1. The molecule has 2 aromatic rings. The maximum Gasteiger partial charge on any atom is 0.276 e. The van der Waals surface area contributed by atoms with Crippen molar-refractivity contribution < 1.29 is 14.3 Å². The molecule has 0 aromatic heterocycles. The van der Waals surface area contributed by atoms with Gasteiger partial charge in [-0.2, -0.15) is 5.10 Å². The van der Waals surface area contributed by atoms with E-state index in [9.17, 15) is 4.79 Å². The molecular weight excluding hydrogens is 410 g/mol. The van der Waals surface area contributed by atoms with Gasteiger partial charge in [-0.15, -0.1) is 5.10 Å². The highest BCUT2D eigenvalue weighted by molar-refractivity contribution is 9.10. The molecule has 1 aliphatic heterocycles. The minimum atomic E-state index is -0.266. The summed E-state index contributed by atoms with van der Waals surface area (Å²) in [5.41, 5.74) is 2.54. The molecule has 1 amide bonds. The highest BCUT2D eigenvalue weighted by atomic mass is 79.9. The van der Waals surface area contributed by atoms with E-state index in [-0.39, 0.29) is 11.6 Å². The second kappa shape index (κ2) is 8.81. The van der Waals surface area contributed by atoms with Gasteiger partial charge in [0.2, 0.25) is 0 Å². The number of benzene rings is 2. The van der Waals surface area contributed by atoms with Crippen molar-refractivity contribution in [2.45, 2.75) is 19.8 Å². The monoisotopic (exact) mass is 429 g/mol. The zero-order valence-electron chi connectivity index (χ0n) is 15.2. The highest BCUT2D eigenvalue weighted by Crippen LogP contribution is 2.28. The first-order valence-corrected chi connectivity index (χ1v) is 9.44. The van der Waals surface area contributed by atoms with Crippen LogP contribution >= 0.6 is 15.9 Å². The van der Waals surface area contributed by atoms with Crippen LogP contribution in [0.3, 0.4) is 0 Å². The van der Waals surface area contributed by atoms with Crippen LogP contribution in [-0.2, 0) is 4.79 Å². The number of rotatable bonds is 7. The minimum absolute atomic E-state index is 0.266. The molecule has 1 aliphatic rings. The Kier molecular flexibility index (Phi) is 6.24. The number of anilines is 1. The highest BCUT2D eigenvalue weighted by Gasteiger charge is 2.26. The van der Waals surface area contributed by atoms with Crippen LogP contribution in [0.5, 0.6) is 11.5 Å². The molecular formula is C20H20BrN3O3. The van der Waals surface area contributed by atoms with Crippen LogP contribution in [0.25, 0.3) is 0 Å².